The lowest BCUT2D eigenvalue weighted by molar-refractivity contribution is 0.336. The summed E-state index contributed by atoms with van der Waals surface area (Å²) in [6, 6.07) is 8.38. The van der Waals surface area contributed by atoms with Crippen LogP contribution in [0.5, 0.6) is 5.75 Å². The molecule has 2 unspecified atom stereocenters. The van der Waals surface area contributed by atoms with Crippen LogP contribution in [0.1, 0.15) is 31.2 Å². The zero-order chi connectivity index (χ0) is 10.7. The van der Waals surface area contributed by atoms with E-state index in [0.717, 1.165) is 31.2 Å². The van der Waals surface area contributed by atoms with Crippen LogP contribution in [0.15, 0.2) is 24.3 Å². The molecule has 0 radical (unpaired) electrons. The highest BCUT2D eigenvalue weighted by atomic mass is 16.5. The van der Waals surface area contributed by atoms with Crippen molar-refractivity contribution in [3.63, 3.8) is 0 Å². The number of hydrogen-bond donors (Lipinski definition) is 1. The van der Waals surface area contributed by atoms with Gasteiger partial charge in [-0.05, 0) is 49.8 Å². The van der Waals surface area contributed by atoms with Crippen LogP contribution in [0.25, 0.3) is 0 Å². The molecule has 1 aromatic rings. The summed E-state index contributed by atoms with van der Waals surface area (Å²) in [6.45, 7) is 3.57. The molecule has 1 aliphatic rings. The molecule has 2 nitrogen and oxygen atoms in total. The lowest BCUT2D eigenvalue weighted by atomic mass is 10.1. The number of nitrogens with two attached hydrogens (primary N) is 1. The zero-order valence-electron chi connectivity index (χ0n) is 9.28. The quantitative estimate of drug-likeness (QED) is 0.801. The molecule has 1 saturated carbocycles. The molecule has 2 N–H and O–H groups in total. The first-order chi connectivity index (χ1) is 7.36. The van der Waals surface area contributed by atoms with E-state index in [1.165, 1.54) is 12.0 Å². The molecular formula is C13H19NO. The summed E-state index contributed by atoms with van der Waals surface area (Å²) in [4.78, 5) is 0. The maximum atomic E-state index is 5.63. The average molecular weight is 205 g/mol. The lowest BCUT2D eigenvalue weighted by Gasteiger charge is -2.09. The predicted molar refractivity (Wildman–Crippen MR) is 62.1 cm³/mol. The standard InChI is InChI=1S/C13H19NO/c1-2-15-13-6-4-3-5-11(13)12-9-10(12)7-8-14/h3-6,10,12H,2,7-9,14H2,1H3. The zero-order valence-corrected chi connectivity index (χ0v) is 9.28. The van der Waals surface area contributed by atoms with Gasteiger partial charge in [0.15, 0.2) is 0 Å². The van der Waals surface area contributed by atoms with Crippen LogP contribution < -0.4 is 10.5 Å². The normalized spacial score (nSPS) is 23.9. The maximum Gasteiger partial charge on any atom is 0.122 e. The van der Waals surface area contributed by atoms with Crippen molar-refractivity contribution < 1.29 is 4.74 Å². The van der Waals surface area contributed by atoms with Crippen LogP contribution in [0, 0.1) is 5.92 Å². The molecule has 1 aliphatic carbocycles. The van der Waals surface area contributed by atoms with Crippen molar-refractivity contribution in [1.29, 1.82) is 0 Å². The Morgan fingerprint density at radius 1 is 1.40 bits per heavy atom. The third kappa shape index (κ3) is 2.32. The topological polar surface area (TPSA) is 35.2 Å². The largest absolute Gasteiger partial charge is 0.494 e. The van der Waals surface area contributed by atoms with Crippen LogP contribution in [0.2, 0.25) is 0 Å². The Bertz CT molecular complexity index is 324. The molecule has 0 bridgehead atoms. The molecule has 0 spiro atoms. The molecule has 0 aliphatic heterocycles. The van der Waals surface area contributed by atoms with Gasteiger partial charge < -0.3 is 10.5 Å². The summed E-state index contributed by atoms with van der Waals surface area (Å²) >= 11 is 0. The molecule has 0 saturated heterocycles. The third-order valence-electron chi connectivity index (χ3n) is 3.08. The van der Waals surface area contributed by atoms with Crippen molar-refractivity contribution in [2.75, 3.05) is 13.2 Å². The van der Waals surface area contributed by atoms with Crippen molar-refractivity contribution in [2.24, 2.45) is 11.7 Å². The van der Waals surface area contributed by atoms with Crippen molar-refractivity contribution >= 4 is 0 Å². The van der Waals surface area contributed by atoms with E-state index in [0.29, 0.717) is 5.92 Å². The lowest BCUT2D eigenvalue weighted by Crippen LogP contribution is -2.00. The van der Waals surface area contributed by atoms with E-state index in [4.69, 9.17) is 10.5 Å². The van der Waals surface area contributed by atoms with Gasteiger partial charge in [0.25, 0.3) is 0 Å². The number of benzene rings is 1. The number of para-hydroxylation sites is 1. The third-order valence-corrected chi connectivity index (χ3v) is 3.08. The Morgan fingerprint density at radius 3 is 2.93 bits per heavy atom. The van der Waals surface area contributed by atoms with Gasteiger partial charge in [-0.25, -0.2) is 0 Å². The van der Waals surface area contributed by atoms with Crippen LogP contribution in [-0.4, -0.2) is 13.2 Å². The summed E-state index contributed by atoms with van der Waals surface area (Å²) in [7, 11) is 0. The van der Waals surface area contributed by atoms with E-state index in [-0.39, 0.29) is 0 Å². The van der Waals surface area contributed by atoms with E-state index in [2.05, 4.69) is 18.2 Å². The fourth-order valence-corrected chi connectivity index (χ4v) is 2.24. The molecule has 2 heteroatoms. The summed E-state index contributed by atoms with van der Waals surface area (Å²) in [5.41, 5.74) is 6.95. The van der Waals surface area contributed by atoms with Crippen LogP contribution in [0.3, 0.4) is 0 Å². The summed E-state index contributed by atoms with van der Waals surface area (Å²) < 4.78 is 5.63. The second-order valence-electron chi connectivity index (χ2n) is 4.15. The molecule has 0 aromatic heterocycles. The van der Waals surface area contributed by atoms with Gasteiger partial charge in [0.1, 0.15) is 5.75 Å². The van der Waals surface area contributed by atoms with Crippen molar-refractivity contribution in [1.82, 2.24) is 0 Å². The van der Waals surface area contributed by atoms with Gasteiger partial charge in [-0.3, -0.25) is 0 Å². The number of rotatable bonds is 5. The van der Waals surface area contributed by atoms with Crippen molar-refractivity contribution in [3.8, 4) is 5.75 Å². The number of ether oxygens (including phenoxy) is 1. The van der Waals surface area contributed by atoms with Crippen molar-refractivity contribution in [3.05, 3.63) is 29.8 Å². The Balaban J connectivity index is 2.08. The monoisotopic (exact) mass is 205 g/mol. The molecular weight excluding hydrogens is 186 g/mol. The van der Waals surface area contributed by atoms with E-state index in [9.17, 15) is 0 Å². The average Bonchev–Trinajstić information content (AvgIpc) is 2.99. The second-order valence-corrected chi connectivity index (χ2v) is 4.15. The van der Waals surface area contributed by atoms with E-state index in [1.807, 2.05) is 13.0 Å². The minimum Gasteiger partial charge on any atom is -0.494 e. The highest BCUT2D eigenvalue weighted by Crippen LogP contribution is 2.51. The van der Waals surface area contributed by atoms with Crippen LogP contribution >= 0.6 is 0 Å². The smallest absolute Gasteiger partial charge is 0.122 e. The van der Waals surface area contributed by atoms with E-state index < -0.39 is 0 Å². The van der Waals surface area contributed by atoms with Gasteiger partial charge in [0.05, 0.1) is 6.61 Å². The summed E-state index contributed by atoms with van der Waals surface area (Å²) in [5, 5.41) is 0. The highest BCUT2D eigenvalue weighted by Gasteiger charge is 2.38. The van der Waals surface area contributed by atoms with Gasteiger partial charge in [0, 0.05) is 0 Å². The van der Waals surface area contributed by atoms with E-state index in [1.54, 1.807) is 0 Å². The molecule has 1 fully saturated rings. The Hall–Kier alpha value is -1.02. The van der Waals surface area contributed by atoms with Gasteiger partial charge >= 0.3 is 0 Å². The SMILES string of the molecule is CCOc1ccccc1C1CC1CCN. The van der Waals surface area contributed by atoms with E-state index >= 15 is 0 Å². The molecule has 0 amide bonds. The van der Waals surface area contributed by atoms with Crippen molar-refractivity contribution in [2.45, 2.75) is 25.7 Å². The summed E-state index contributed by atoms with van der Waals surface area (Å²) in [6.07, 6.45) is 2.42. The Kier molecular flexibility index (Phi) is 3.27. The molecule has 1 aromatic carbocycles. The number of hydrogen-bond acceptors (Lipinski definition) is 2. The molecule has 2 atom stereocenters. The van der Waals surface area contributed by atoms with Crippen LogP contribution in [-0.2, 0) is 0 Å². The Labute approximate surface area is 91.4 Å². The Morgan fingerprint density at radius 2 is 2.20 bits per heavy atom. The first-order valence-corrected chi connectivity index (χ1v) is 5.78. The predicted octanol–water partition coefficient (Wildman–Crippen LogP) is 2.54. The van der Waals surface area contributed by atoms with Gasteiger partial charge in [-0.2, -0.15) is 0 Å². The molecule has 2 rings (SSSR count). The fraction of sp³-hybridized carbons (Fsp3) is 0.538. The maximum absolute atomic E-state index is 5.63. The first kappa shape index (κ1) is 10.5. The first-order valence-electron chi connectivity index (χ1n) is 5.78. The fourth-order valence-electron chi connectivity index (χ4n) is 2.24. The minimum atomic E-state index is 0.691. The molecule has 0 heterocycles. The molecule has 82 valence electrons. The highest BCUT2D eigenvalue weighted by molar-refractivity contribution is 5.39. The minimum absolute atomic E-state index is 0.691. The summed E-state index contributed by atoms with van der Waals surface area (Å²) in [5.74, 6) is 2.54. The van der Waals surface area contributed by atoms with Crippen LogP contribution in [0.4, 0.5) is 0 Å². The van der Waals surface area contributed by atoms with Gasteiger partial charge in [0.2, 0.25) is 0 Å². The van der Waals surface area contributed by atoms with Gasteiger partial charge in [-0.1, -0.05) is 18.2 Å². The second kappa shape index (κ2) is 4.67. The molecule has 15 heavy (non-hydrogen) atoms. The van der Waals surface area contributed by atoms with Gasteiger partial charge in [-0.15, -0.1) is 0 Å².